The van der Waals surface area contributed by atoms with Gasteiger partial charge in [0.05, 0.1) is 0 Å². The molecule has 1 heterocycles. The molecule has 2 heteroatoms. The Hall–Kier alpha value is -0.240. The summed E-state index contributed by atoms with van der Waals surface area (Å²) in [4.78, 5) is 12.2. The summed E-state index contributed by atoms with van der Waals surface area (Å²) in [5.41, 5.74) is 1.27. The largest absolute Gasteiger partial charge is 0.286 e. The zero-order chi connectivity index (χ0) is 7.72. The molecule has 1 aliphatic rings. The summed E-state index contributed by atoms with van der Waals surface area (Å²) in [6.07, 6.45) is 0.665. The van der Waals surface area contributed by atoms with Gasteiger partial charge in [-0.1, -0.05) is 31.2 Å². The molecular weight excluding hydrogens is 144 g/mol. The van der Waals surface area contributed by atoms with Crippen LogP contribution in [-0.4, -0.2) is 5.12 Å². The number of carbonyl (C=O) groups is 1. The molecule has 1 nitrogen and oxygen atoms in total. The van der Waals surface area contributed by atoms with E-state index in [-0.39, 0.29) is 0 Å². The first kappa shape index (κ1) is 7.86. The summed E-state index contributed by atoms with van der Waals surface area (Å²) >= 11 is 1.42. The second kappa shape index (κ2) is 2.79. The highest BCUT2D eigenvalue weighted by molar-refractivity contribution is 8.17. The molecular formula is C8H12OS. The van der Waals surface area contributed by atoms with Gasteiger partial charge < -0.3 is 0 Å². The van der Waals surface area contributed by atoms with Crippen LogP contribution in [0.15, 0.2) is 10.5 Å². The van der Waals surface area contributed by atoms with Crippen LogP contribution < -0.4 is 0 Å². The molecule has 0 aromatic heterocycles. The molecule has 0 unspecified atom stereocenters. The van der Waals surface area contributed by atoms with Gasteiger partial charge in [0.2, 0.25) is 0 Å². The van der Waals surface area contributed by atoms with Crippen molar-refractivity contribution >= 4 is 16.9 Å². The number of thioether (sulfide) groups is 1. The van der Waals surface area contributed by atoms with Crippen molar-refractivity contribution in [2.24, 2.45) is 5.92 Å². The first-order valence-electron chi connectivity index (χ1n) is 3.51. The Kier molecular flexibility index (Phi) is 2.19. The van der Waals surface area contributed by atoms with E-state index in [1.54, 1.807) is 0 Å². The molecule has 0 fully saturated rings. The lowest BCUT2D eigenvalue weighted by atomic mass is 10.1. The van der Waals surface area contributed by atoms with E-state index < -0.39 is 0 Å². The SMILES string of the molecule is CC1=C(C(C)C)SC(=O)C1. The van der Waals surface area contributed by atoms with E-state index in [0.29, 0.717) is 17.5 Å². The summed E-state index contributed by atoms with van der Waals surface area (Å²) in [6.45, 7) is 6.31. The van der Waals surface area contributed by atoms with Crippen molar-refractivity contribution in [3.05, 3.63) is 10.5 Å². The molecule has 56 valence electrons. The van der Waals surface area contributed by atoms with Gasteiger partial charge >= 0.3 is 0 Å². The van der Waals surface area contributed by atoms with Crippen LogP contribution in [-0.2, 0) is 4.79 Å². The van der Waals surface area contributed by atoms with Crippen molar-refractivity contribution in [2.75, 3.05) is 0 Å². The number of rotatable bonds is 1. The van der Waals surface area contributed by atoms with Gasteiger partial charge in [-0.05, 0) is 17.7 Å². The van der Waals surface area contributed by atoms with Gasteiger partial charge in [0.25, 0.3) is 0 Å². The number of carbonyl (C=O) groups excluding carboxylic acids is 1. The lowest BCUT2D eigenvalue weighted by Crippen LogP contribution is -1.87. The van der Waals surface area contributed by atoms with E-state index in [4.69, 9.17) is 0 Å². The first-order valence-corrected chi connectivity index (χ1v) is 4.33. The molecule has 0 radical (unpaired) electrons. The van der Waals surface area contributed by atoms with E-state index >= 15 is 0 Å². The predicted octanol–water partition coefficient (Wildman–Crippen LogP) is 2.58. The molecule has 1 rings (SSSR count). The van der Waals surface area contributed by atoms with Gasteiger partial charge in [-0.15, -0.1) is 0 Å². The maximum absolute atomic E-state index is 10.9. The zero-order valence-corrected chi connectivity index (χ0v) is 7.42. The molecule has 0 bridgehead atoms. The van der Waals surface area contributed by atoms with Crippen LogP contribution in [0.2, 0.25) is 0 Å². The van der Waals surface area contributed by atoms with Crippen LogP contribution in [0.25, 0.3) is 0 Å². The Bertz CT molecular complexity index is 191. The topological polar surface area (TPSA) is 17.1 Å². The highest BCUT2D eigenvalue weighted by atomic mass is 32.2. The van der Waals surface area contributed by atoms with Crippen LogP contribution in [0.3, 0.4) is 0 Å². The fraction of sp³-hybridized carbons (Fsp3) is 0.625. The predicted molar refractivity (Wildman–Crippen MR) is 44.8 cm³/mol. The summed E-state index contributed by atoms with van der Waals surface area (Å²) in [5.74, 6) is 0.524. The third-order valence-corrected chi connectivity index (χ3v) is 2.99. The summed E-state index contributed by atoms with van der Waals surface area (Å²) < 4.78 is 0. The summed E-state index contributed by atoms with van der Waals surface area (Å²) in [7, 11) is 0. The molecule has 0 amide bonds. The lowest BCUT2D eigenvalue weighted by Gasteiger charge is -2.04. The molecule has 0 N–H and O–H groups in total. The van der Waals surface area contributed by atoms with Gasteiger partial charge in [0.1, 0.15) is 0 Å². The Balaban J connectivity index is 2.75. The second-order valence-corrected chi connectivity index (χ2v) is 4.05. The monoisotopic (exact) mass is 156 g/mol. The van der Waals surface area contributed by atoms with Gasteiger partial charge in [0, 0.05) is 6.42 Å². The highest BCUT2D eigenvalue weighted by Crippen LogP contribution is 2.37. The van der Waals surface area contributed by atoms with Crippen LogP contribution in [0.1, 0.15) is 27.2 Å². The zero-order valence-electron chi connectivity index (χ0n) is 6.60. The third-order valence-electron chi connectivity index (χ3n) is 1.58. The molecule has 0 saturated carbocycles. The fourth-order valence-corrected chi connectivity index (χ4v) is 2.18. The van der Waals surface area contributed by atoms with E-state index in [1.807, 2.05) is 6.92 Å². The molecule has 0 aliphatic carbocycles. The number of hydrogen-bond acceptors (Lipinski definition) is 2. The highest BCUT2D eigenvalue weighted by Gasteiger charge is 2.21. The second-order valence-electron chi connectivity index (χ2n) is 2.95. The van der Waals surface area contributed by atoms with Gasteiger partial charge in [-0.3, -0.25) is 4.79 Å². The molecule has 10 heavy (non-hydrogen) atoms. The fourth-order valence-electron chi connectivity index (χ4n) is 1.16. The summed E-state index contributed by atoms with van der Waals surface area (Å²) in [6, 6.07) is 0. The minimum Gasteiger partial charge on any atom is -0.286 e. The van der Waals surface area contributed by atoms with E-state index in [9.17, 15) is 4.79 Å². The minimum absolute atomic E-state index is 0.307. The van der Waals surface area contributed by atoms with Crippen LogP contribution in [0.4, 0.5) is 0 Å². The van der Waals surface area contributed by atoms with Crippen molar-refractivity contribution in [1.29, 1.82) is 0 Å². The Morgan fingerprint density at radius 2 is 2.10 bits per heavy atom. The van der Waals surface area contributed by atoms with Crippen LogP contribution >= 0.6 is 11.8 Å². The van der Waals surface area contributed by atoms with Crippen molar-refractivity contribution in [3.8, 4) is 0 Å². The maximum atomic E-state index is 10.9. The van der Waals surface area contributed by atoms with Crippen LogP contribution in [0.5, 0.6) is 0 Å². The Morgan fingerprint density at radius 3 is 2.30 bits per heavy atom. The molecule has 0 aromatic carbocycles. The minimum atomic E-state index is 0.307. The van der Waals surface area contributed by atoms with Crippen molar-refractivity contribution in [1.82, 2.24) is 0 Å². The van der Waals surface area contributed by atoms with Crippen molar-refractivity contribution < 1.29 is 4.79 Å². The van der Waals surface area contributed by atoms with Crippen molar-refractivity contribution in [2.45, 2.75) is 27.2 Å². The maximum Gasteiger partial charge on any atom is 0.197 e. The first-order chi connectivity index (χ1) is 4.61. The average molecular weight is 156 g/mol. The molecule has 1 aliphatic heterocycles. The van der Waals surface area contributed by atoms with E-state index in [0.717, 1.165) is 0 Å². The van der Waals surface area contributed by atoms with E-state index in [1.165, 1.54) is 22.2 Å². The number of hydrogen-bond donors (Lipinski definition) is 0. The summed E-state index contributed by atoms with van der Waals surface area (Å²) in [5, 5.41) is 0.307. The number of allylic oxidation sites excluding steroid dienone is 2. The van der Waals surface area contributed by atoms with Gasteiger partial charge in [-0.2, -0.15) is 0 Å². The molecule has 0 spiro atoms. The Morgan fingerprint density at radius 1 is 1.50 bits per heavy atom. The lowest BCUT2D eigenvalue weighted by molar-refractivity contribution is -0.110. The standard InChI is InChI=1S/C8H12OS/c1-5(2)8-6(3)4-7(9)10-8/h5H,4H2,1-3H3. The normalized spacial score (nSPS) is 19.4. The molecule has 0 aromatic rings. The van der Waals surface area contributed by atoms with E-state index in [2.05, 4.69) is 13.8 Å². The van der Waals surface area contributed by atoms with Crippen molar-refractivity contribution in [3.63, 3.8) is 0 Å². The molecule has 0 atom stereocenters. The van der Waals surface area contributed by atoms with Gasteiger partial charge in [-0.25, -0.2) is 0 Å². The molecule has 0 saturated heterocycles. The Labute approximate surface area is 65.9 Å². The quantitative estimate of drug-likeness (QED) is 0.580. The smallest absolute Gasteiger partial charge is 0.197 e. The van der Waals surface area contributed by atoms with Gasteiger partial charge in [0.15, 0.2) is 5.12 Å². The van der Waals surface area contributed by atoms with Crippen LogP contribution in [0, 0.1) is 5.92 Å². The average Bonchev–Trinajstić information content (AvgIpc) is 2.10. The third kappa shape index (κ3) is 1.43.